The summed E-state index contributed by atoms with van der Waals surface area (Å²) in [6, 6.07) is 12.4. The molecule has 0 aliphatic rings. The largest absolute Gasteiger partial charge is 0.504 e. The van der Waals surface area contributed by atoms with Gasteiger partial charge in [-0.1, -0.05) is 18.2 Å². The summed E-state index contributed by atoms with van der Waals surface area (Å²) in [5.41, 5.74) is 7.37. The number of phenolic OH excluding ortho intramolecular Hbond substituents is 1. The number of hydrogen-bond donors (Lipinski definition) is 2. The molecule has 0 amide bonds. The number of benzene rings is 1. The van der Waals surface area contributed by atoms with E-state index in [9.17, 15) is 5.11 Å². The lowest BCUT2D eigenvalue weighted by Gasteiger charge is -2.05. The zero-order chi connectivity index (χ0) is 13.2. The monoisotopic (exact) mass is 255 g/mol. The van der Waals surface area contributed by atoms with Gasteiger partial charge in [-0.2, -0.15) is 0 Å². The van der Waals surface area contributed by atoms with Gasteiger partial charge in [0.2, 0.25) is 0 Å². The number of aromatic hydroxyl groups is 1. The first-order chi connectivity index (χ1) is 9.24. The fraction of sp³-hybridized carbons (Fsp3) is 0.0714. The number of fused-ring (bicyclic) bond motifs is 1. The molecule has 0 saturated heterocycles. The van der Waals surface area contributed by atoms with Crippen LogP contribution in [0.15, 0.2) is 48.7 Å². The summed E-state index contributed by atoms with van der Waals surface area (Å²) in [6.07, 6.45) is 1.82. The Hall–Kier alpha value is -2.69. The van der Waals surface area contributed by atoms with Crippen molar-refractivity contribution in [2.75, 3.05) is 5.73 Å². The summed E-state index contributed by atoms with van der Waals surface area (Å²) in [7, 11) is 0. The van der Waals surface area contributed by atoms with Gasteiger partial charge in [0.15, 0.2) is 11.5 Å². The van der Waals surface area contributed by atoms with Crippen molar-refractivity contribution < 1.29 is 9.84 Å². The van der Waals surface area contributed by atoms with Gasteiger partial charge in [0, 0.05) is 6.20 Å². The number of nitrogen functional groups attached to an aromatic ring is 1. The van der Waals surface area contributed by atoms with Gasteiger partial charge in [-0.25, -0.2) is 4.98 Å². The van der Waals surface area contributed by atoms with E-state index in [0.29, 0.717) is 11.6 Å². The summed E-state index contributed by atoms with van der Waals surface area (Å²) >= 11 is 0. The molecule has 0 aliphatic carbocycles. The van der Waals surface area contributed by atoms with Crippen LogP contribution in [0, 0.1) is 0 Å². The van der Waals surface area contributed by atoms with E-state index in [1.54, 1.807) is 28.7 Å². The Morgan fingerprint density at radius 3 is 2.79 bits per heavy atom. The smallest absolute Gasteiger partial charge is 0.161 e. The van der Waals surface area contributed by atoms with E-state index >= 15 is 0 Å². The molecule has 19 heavy (non-hydrogen) atoms. The lowest BCUT2D eigenvalue weighted by molar-refractivity contribution is 0.285. The molecule has 0 spiro atoms. The van der Waals surface area contributed by atoms with Crippen molar-refractivity contribution in [3.63, 3.8) is 0 Å². The van der Waals surface area contributed by atoms with Crippen LogP contribution in [0.5, 0.6) is 11.5 Å². The molecular weight excluding hydrogens is 242 g/mol. The second-order valence-electron chi connectivity index (χ2n) is 4.17. The Kier molecular flexibility index (Phi) is 2.72. The van der Waals surface area contributed by atoms with Crippen molar-refractivity contribution in [2.24, 2.45) is 0 Å². The van der Waals surface area contributed by atoms with E-state index in [0.717, 1.165) is 11.3 Å². The molecule has 3 aromatic rings. The quantitative estimate of drug-likeness (QED) is 0.752. The van der Waals surface area contributed by atoms with E-state index in [4.69, 9.17) is 10.5 Å². The van der Waals surface area contributed by atoms with Gasteiger partial charge in [0.05, 0.1) is 5.69 Å². The van der Waals surface area contributed by atoms with Gasteiger partial charge in [-0.15, -0.1) is 0 Å². The second kappa shape index (κ2) is 4.53. The SMILES string of the molecule is Nc1cccc2nc(COc3ccccc3O)cn12. The third-order valence-corrected chi connectivity index (χ3v) is 2.81. The topological polar surface area (TPSA) is 72.8 Å². The van der Waals surface area contributed by atoms with Gasteiger partial charge in [-0.3, -0.25) is 4.40 Å². The van der Waals surface area contributed by atoms with Crippen molar-refractivity contribution in [1.82, 2.24) is 9.38 Å². The van der Waals surface area contributed by atoms with Gasteiger partial charge in [0.1, 0.15) is 18.1 Å². The van der Waals surface area contributed by atoms with E-state index in [1.807, 2.05) is 24.4 Å². The molecule has 1 aromatic carbocycles. The van der Waals surface area contributed by atoms with Gasteiger partial charge in [0.25, 0.3) is 0 Å². The van der Waals surface area contributed by atoms with Crippen molar-refractivity contribution in [3.8, 4) is 11.5 Å². The van der Waals surface area contributed by atoms with Crippen molar-refractivity contribution >= 4 is 11.5 Å². The fourth-order valence-corrected chi connectivity index (χ4v) is 1.88. The summed E-state index contributed by atoms with van der Waals surface area (Å²) in [4.78, 5) is 4.39. The third-order valence-electron chi connectivity index (χ3n) is 2.81. The first-order valence-electron chi connectivity index (χ1n) is 5.87. The number of ether oxygens (including phenoxy) is 1. The maximum absolute atomic E-state index is 9.60. The molecule has 5 heteroatoms. The van der Waals surface area contributed by atoms with Gasteiger partial charge < -0.3 is 15.6 Å². The number of hydrogen-bond acceptors (Lipinski definition) is 4. The molecule has 2 heterocycles. The first-order valence-corrected chi connectivity index (χ1v) is 5.87. The highest BCUT2D eigenvalue weighted by Crippen LogP contribution is 2.25. The van der Waals surface area contributed by atoms with Crippen LogP contribution < -0.4 is 10.5 Å². The lowest BCUT2D eigenvalue weighted by atomic mass is 10.3. The summed E-state index contributed by atoms with van der Waals surface area (Å²) in [6.45, 7) is 0.276. The van der Waals surface area contributed by atoms with Crippen molar-refractivity contribution in [1.29, 1.82) is 0 Å². The molecule has 0 fully saturated rings. The molecule has 0 bridgehead atoms. The van der Waals surface area contributed by atoms with Crippen LogP contribution in [-0.4, -0.2) is 14.5 Å². The van der Waals surface area contributed by atoms with Crippen LogP contribution in [-0.2, 0) is 6.61 Å². The maximum atomic E-state index is 9.60. The Morgan fingerprint density at radius 2 is 2.00 bits per heavy atom. The van der Waals surface area contributed by atoms with Crippen LogP contribution in [0.4, 0.5) is 5.82 Å². The van der Waals surface area contributed by atoms with Crippen LogP contribution in [0.2, 0.25) is 0 Å². The van der Waals surface area contributed by atoms with Crippen molar-refractivity contribution in [3.05, 3.63) is 54.4 Å². The number of nitrogens with zero attached hydrogens (tertiary/aromatic N) is 2. The van der Waals surface area contributed by atoms with E-state index in [-0.39, 0.29) is 12.4 Å². The molecule has 2 aromatic heterocycles. The zero-order valence-corrected chi connectivity index (χ0v) is 10.2. The molecule has 0 radical (unpaired) electrons. The number of phenols is 1. The summed E-state index contributed by atoms with van der Waals surface area (Å²) < 4.78 is 7.32. The van der Waals surface area contributed by atoms with Gasteiger partial charge in [-0.05, 0) is 24.3 Å². The Labute approximate surface area is 109 Å². The Balaban J connectivity index is 1.83. The number of aromatic nitrogens is 2. The Bertz CT molecular complexity index is 722. The average Bonchev–Trinajstić information content (AvgIpc) is 2.82. The Morgan fingerprint density at radius 1 is 1.16 bits per heavy atom. The highest BCUT2D eigenvalue weighted by molar-refractivity contribution is 5.48. The second-order valence-corrected chi connectivity index (χ2v) is 4.17. The number of rotatable bonds is 3. The van der Waals surface area contributed by atoms with E-state index in [2.05, 4.69) is 4.98 Å². The number of nitrogens with two attached hydrogens (primary N) is 1. The molecule has 0 saturated carbocycles. The highest BCUT2D eigenvalue weighted by atomic mass is 16.5. The molecule has 0 atom stereocenters. The normalized spacial score (nSPS) is 10.7. The van der Waals surface area contributed by atoms with Gasteiger partial charge >= 0.3 is 0 Å². The third kappa shape index (κ3) is 2.18. The number of pyridine rings is 1. The molecule has 3 N–H and O–H groups in total. The maximum Gasteiger partial charge on any atom is 0.161 e. The molecule has 96 valence electrons. The van der Waals surface area contributed by atoms with E-state index in [1.165, 1.54) is 0 Å². The van der Waals surface area contributed by atoms with Crippen LogP contribution in [0.25, 0.3) is 5.65 Å². The zero-order valence-electron chi connectivity index (χ0n) is 10.2. The van der Waals surface area contributed by atoms with Crippen LogP contribution >= 0.6 is 0 Å². The average molecular weight is 255 g/mol. The fourth-order valence-electron chi connectivity index (χ4n) is 1.88. The summed E-state index contributed by atoms with van der Waals surface area (Å²) in [5.74, 6) is 1.18. The minimum atomic E-state index is 0.116. The number of para-hydroxylation sites is 2. The predicted octanol–water partition coefficient (Wildman–Crippen LogP) is 2.20. The van der Waals surface area contributed by atoms with Crippen molar-refractivity contribution in [2.45, 2.75) is 6.61 Å². The molecule has 0 unspecified atom stereocenters. The highest BCUT2D eigenvalue weighted by Gasteiger charge is 2.06. The molecular formula is C14H13N3O2. The molecule has 5 nitrogen and oxygen atoms in total. The first kappa shape index (κ1) is 11.4. The summed E-state index contributed by atoms with van der Waals surface area (Å²) in [5, 5.41) is 9.60. The van der Waals surface area contributed by atoms with E-state index < -0.39 is 0 Å². The predicted molar refractivity (Wildman–Crippen MR) is 72.0 cm³/mol. The minimum Gasteiger partial charge on any atom is -0.504 e. The number of imidazole rings is 1. The molecule has 3 rings (SSSR count). The van der Waals surface area contributed by atoms with Crippen LogP contribution in [0.3, 0.4) is 0 Å². The standard InChI is InChI=1S/C14H13N3O2/c15-13-6-3-7-14-16-10(8-17(13)14)9-19-12-5-2-1-4-11(12)18/h1-8,18H,9,15H2. The number of anilines is 1. The molecule has 0 aliphatic heterocycles. The minimum absolute atomic E-state index is 0.116. The van der Waals surface area contributed by atoms with Crippen LogP contribution in [0.1, 0.15) is 5.69 Å². The lowest BCUT2D eigenvalue weighted by Crippen LogP contribution is -1.96.